The lowest BCUT2D eigenvalue weighted by atomic mass is 10.0. The van der Waals surface area contributed by atoms with Crippen LogP contribution >= 0.6 is 11.6 Å². The Morgan fingerprint density at radius 2 is 2.05 bits per heavy atom. The lowest BCUT2D eigenvalue weighted by Crippen LogP contribution is -1.92. The molecule has 0 atom stereocenters. The van der Waals surface area contributed by atoms with Crippen molar-refractivity contribution < 1.29 is 10.0 Å². The molecule has 0 aliphatic rings. The first-order chi connectivity index (χ1) is 10.0. The second kappa shape index (κ2) is 6.07. The fourth-order valence-corrected chi connectivity index (χ4v) is 2.07. The number of benzene rings is 2. The number of phenolic OH excluding ortho intramolecular Hbond substituents is 1. The molecule has 0 aromatic heterocycles. The highest BCUT2D eigenvalue weighted by molar-refractivity contribution is 6.32. The summed E-state index contributed by atoms with van der Waals surface area (Å²) < 4.78 is 0. The minimum absolute atomic E-state index is 0.122. The Kier molecular flexibility index (Phi) is 4.21. The second-order valence-electron chi connectivity index (χ2n) is 4.15. The van der Waals surface area contributed by atoms with Crippen LogP contribution in [0.25, 0.3) is 11.6 Å². The van der Waals surface area contributed by atoms with Gasteiger partial charge in [0, 0.05) is 16.7 Å². The number of aromatic hydroxyl groups is 1. The van der Waals surface area contributed by atoms with Gasteiger partial charge in [0.05, 0.1) is 22.1 Å². The fourth-order valence-electron chi connectivity index (χ4n) is 1.83. The van der Waals surface area contributed by atoms with Crippen LogP contribution in [0.15, 0.2) is 42.5 Å². The number of halogens is 1. The van der Waals surface area contributed by atoms with Crippen LogP contribution in [0.2, 0.25) is 5.02 Å². The van der Waals surface area contributed by atoms with E-state index in [0.29, 0.717) is 10.6 Å². The zero-order valence-electron chi connectivity index (χ0n) is 10.7. The first-order valence-corrected chi connectivity index (χ1v) is 6.25. The summed E-state index contributed by atoms with van der Waals surface area (Å²) in [6, 6.07) is 12.3. The summed E-state index contributed by atoms with van der Waals surface area (Å²) in [5.74, 6) is -0.122. The van der Waals surface area contributed by atoms with Crippen LogP contribution in [0.5, 0.6) is 5.75 Å². The highest BCUT2D eigenvalue weighted by Crippen LogP contribution is 2.30. The van der Waals surface area contributed by atoms with Crippen molar-refractivity contribution in [3.05, 3.63) is 68.7 Å². The Bertz CT molecular complexity index is 779. The van der Waals surface area contributed by atoms with Crippen molar-refractivity contribution >= 4 is 28.9 Å². The van der Waals surface area contributed by atoms with Gasteiger partial charge in [-0.3, -0.25) is 10.1 Å². The Hall–Kier alpha value is -2.84. The molecular formula is C15H9ClN2O3. The van der Waals surface area contributed by atoms with E-state index in [0.717, 1.165) is 0 Å². The zero-order chi connectivity index (χ0) is 15.4. The summed E-state index contributed by atoms with van der Waals surface area (Å²) in [5, 5.41) is 30.1. The monoisotopic (exact) mass is 300 g/mol. The van der Waals surface area contributed by atoms with Crippen LogP contribution in [-0.4, -0.2) is 10.0 Å². The third-order valence-electron chi connectivity index (χ3n) is 2.79. The van der Waals surface area contributed by atoms with Gasteiger partial charge in [-0.2, -0.15) is 5.26 Å². The number of allylic oxidation sites excluding steroid dienone is 1. The smallest absolute Gasteiger partial charge is 0.276 e. The van der Waals surface area contributed by atoms with Crippen molar-refractivity contribution in [1.82, 2.24) is 0 Å². The van der Waals surface area contributed by atoms with Gasteiger partial charge in [-0.1, -0.05) is 29.8 Å². The van der Waals surface area contributed by atoms with Gasteiger partial charge in [0.15, 0.2) is 0 Å². The fraction of sp³-hybridized carbons (Fsp3) is 0. The maximum Gasteiger partial charge on any atom is 0.276 e. The minimum atomic E-state index is -0.577. The Morgan fingerprint density at radius 3 is 2.67 bits per heavy atom. The number of nitro benzene ring substituents is 1. The quantitative estimate of drug-likeness (QED) is 0.401. The first kappa shape index (κ1) is 14.6. The molecule has 2 rings (SSSR count). The predicted molar refractivity (Wildman–Crippen MR) is 79.7 cm³/mol. The Labute approximate surface area is 125 Å². The lowest BCUT2D eigenvalue weighted by molar-refractivity contribution is -0.385. The molecule has 0 radical (unpaired) electrons. The second-order valence-corrected chi connectivity index (χ2v) is 4.56. The van der Waals surface area contributed by atoms with E-state index in [4.69, 9.17) is 11.6 Å². The zero-order valence-corrected chi connectivity index (χ0v) is 11.4. The van der Waals surface area contributed by atoms with E-state index < -0.39 is 4.92 Å². The summed E-state index contributed by atoms with van der Waals surface area (Å²) in [5.41, 5.74) is 0.581. The van der Waals surface area contributed by atoms with E-state index >= 15 is 0 Å². The van der Waals surface area contributed by atoms with Gasteiger partial charge >= 0.3 is 0 Å². The minimum Gasteiger partial charge on any atom is -0.508 e. The van der Waals surface area contributed by atoms with Gasteiger partial charge in [-0.25, -0.2) is 0 Å². The van der Waals surface area contributed by atoms with Crippen LogP contribution < -0.4 is 0 Å². The van der Waals surface area contributed by atoms with Crippen molar-refractivity contribution in [2.75, 3.05) is 0 Å². The third kappa shape index (κ3) is 3.19. The normalized spacial score (nSPS) is 11.0. The predicted octanol–water partition coefficient (Wildman–Crippen LogP) is 4.02. The number of rotatable bonds is 3. The molecule has 2 aromatic carbocycles. The van der Waals surface area contributed by atoms with E-state index in [1.54, 1.807) is 24.3 Å². The van der Waals surface area contributed by atoms with Gasteiger partial charge < -0.3 is 5.11 Å². The summed E-state index contributed by atoms with van der Waals surface area (Å²) in [7, 11) is 0. The van der Waals surface area contributed by atoms with Crippen molar-refractivity contribution in [3.63, 3.8) is 0 Å². The molecule has 1 N–H and O–H groups in total. The average Bonchev–Trinajstić information content (AvgIpc) is 2.45. The molecule has 21 heavy (non-hydrogen) atoms. The number of nitrogens with zero attached hydrogens (tertiary/aromatic N) is 2. The number of nitriles is 1. The topological polar surface area (TPSA) is 87.2 Å². The summed E-state index contributed by atoms with van der Waals surface area (Å²) in [6.45, 7) is 0. The molecule has 0 unspecified atom stereocenters. The van der Waals surface area contributed by atoms with E-state index in [1.165, 1.54) is 24.3 Å². The molecule has 2 aromatic rings. The van der Waals surface area contributed by atoms with Crippen LogP contribution in [0.4, 0.5) is 5.69 Å². The molecule has 0 spiro atoms. The summed E-state index contributed by atoms with van der Waals surface area (Å²) in [4.78, 5) is 10.4. The van der Waals surface area contributed by atoms with Crippen molar-refractivity contribution in [3.8, 4) is 11.8 Å². The Morgan fingerprint density at radius 1 is 1.33 bits per heavy atom. The maximum atomic E-state index is 11.0. The number of hydrogen-bond donors (Lipinski definition) is 1. The third-order valence-corrected chi connectivity index (χ3v) is 3.12. The average molecular weight is 301 g/mol. The number of hydrogen-bond acceptors (Lipinski definition) is 4. The van der Waals surface area contributed by atoms with E-state index in [-0.39, 0.29) is 22.6 Å². The van der Waals surface area contributed by atoms with Crippen molar-refractivity contribution in [2.24, 2.45) is 0 Å². The van der Waals surface area contributed by atoms with Gasteiger partial charge in [-0.05, 0) is 24.3 Å². The van der Waals surface area contributed by atoms with Crippen molar-refractivity contribution in [2.45, 2.75) is 0 Å². The standard InChI is InChI=1S/C15H9ClN2O3/c16-14-4-2-1-3-13(14)11(9-17)7-10-8-12(19)5-6-15(10)18(20)21/h1-8,19H. The van der Waals surface area contributed by atoms with E-state index in [2.05, 4.69) is 0 Å². The van der Waals surface area contributed by atoms with Gasteiger partial charge in [0.2, 0.25) is 0 Å². The van der Waals surface area contributed by atoms with E-state index in [1.807, 2.05) is 6.07 Å². The molecule has 0 bridgehead atoms. The first-order valence-electron chi connectivity index (χ1n) is 5.87. The number of nitro groups is 1. The molecule has 6 heteroatoms. The van der Waals surface area contributed by atoms with E-state index in [9.17, 15) is 20.5 Å². The highest BCUT2D eigenvalue weighted by atomic mass is 35.5. The van der Waals surface area contributed by atoms with Crippen LogP contribution in [0.3, 0.4) is 0 Å². The highest BCUT2D eigenvalue weighted by Gasteiger charge is 2.14. The maximum absolute atomic E-state index is 11.0. The van der Waals surface area contributed by atoms with Gasteiger partial charge in [0.1, 0.15) is 5.75 Å². The number of phenols is 1. The van der Waals surface area contributed by atoms with Gasteiger partial charge in [-0.15, -0.1) is 0 Å². The van der Waals surface area contributed by atoms with Crippen LogP contribution in [0.1, 0.15) is 11.1 Å². The largest absolute Gasteiger partial charge is 0.508 e. The Balaban J connectivity index is 2.61. The molecular weight excluding hydrogens is 292 g/mol. The molecule has 0 amide bonds. The van der Waals surface area contributed by atoms with Crippen molar-refractivity contribution in [1.29, 1.82) is 5.26 Å². The van der Waals surface area contributed by atoms with Crippen LogP contribution in [-0.2, 0) is 0 Å². The molecule has 0 heterocycles. The van der Waals surface area contributed by atoms with Crippen LogP contribution in [0, 0.1) is 21.4 Å². The lowest BCUT2D eigenvalue weighted by Gasteiger charge is -2.03. The summed E-state index contributed by atoms with van der Waals surface area (Å²) in [6.07, 6.45) is 1.33. The molecule has 0 aliphatic heterocycles. The molecule has 104 valence electrons. The molecule has 0 saturated heterocycles. The molecule has 5 nitrogen and oxygen atoms in total. The van der Waals surface area contributed by atoms with Gasteiger partial charge in [0.25, 0.3) is 5.69 Å². The summed E-state index contributed by atoms with van der Waals surface area (Å²) >= 11 is 6.02. The SMILES string of the molecule is N#CC(=Cc1cc(O)ccc1[N+](=O)[O-])c1ccccc1Cl. The molecule has 0 fully saturated rings. The molecule has 0 aliphatic carbocycles. The molecule has 0 saturated carbocycles.